The van der Waals surface area contributed by atoms with Crippen LogP contribution in [0.25, 0.3) is 0 Å². The van der Waals surface area contributed by atoms with Crippen LogP contribution in [0.5, 0.6) is 0 Å². The molecule has 0 aromatic heterocycles. The van der Waals surface area contributed by atoms with Gasteiger partial charge in [-0.15, -0.1) is 0 Å². The normalized spacial score (nSPS) is 17.8. The summed E-state index contributed by atoms with van der Waals surface area (Å²) in [5.74, 6) is 0.0452. The van der Waals surface area contributed by atoms with E-state index in [0.29, 0.717) is 6.54 Å². The predicted molar refractivity (Wildman–Crippen MR) is 106 cm³/mol. The lowest BCUT2D eigenvalue weighted by atomic mass is 9.91. The van der Waals surface area contributed by atoms with Crippen LogP contribution in [0.15, 0.2) is 48.5 Å². The fourth-order valence-electron chi connectivity index (χ4n) is 4.07. The molecule has 1 N–H and O–H groups in total. The average Bonchev–Trinajstić information content (AvgIpc) is 2.83. The minimum atomic E-state index is 0.0452. The minimum absolute atomic E-state index is 0.0452. The summed E-state index contributed by atoms with van der Waals surface area (Å²) in [7, 11) is 0. The average molecular weight is 348 g/mol. The van der Waals surface area contributed by atoms with Gasteiger partial charge in [0.1, 0.15) is 0 Å². The SMILES string of the molecule is O=C(NCCc1ccccc1)c1ccc2c(c1)CCN(C1CCC1)CC2. The minimum Gasteiger partial charge on any atom is -0.352 e. The lowest BCUT2D eigenvalue weighted by Gasteiger charge is -2.36. The number of carbonyl (C=O) groups is 1. The summed E-state index contributed by atoms with van der Waals surface area (Å²) < 4.78 is 0. The second kappa shape index (κ2) is 8.05. The highest BCUT2D eigenvalue weighted by Gasteiger charge is 2.26. The van der Waals surface area contributed by atoms with Gasteiger partial charge in [-0.05, 0) is 60.9 Å². The number of amides is 1. The first-order valence-electron chi connectivity index (χ1n) is 9.97. The molecular formula is C23H28N2O. The van der Waals surface area contributed by atoms with Crippen LogP contribution in [-0.4, -0.2) is 36.5 Å². The molecule has 1 aliphatic carbocycles. The second-order valence-corrected chi connectivity index (χ2v) is 7.60. The Kier molecular flexibility index (Phi) is 5.35. The molecule has 1 heterocycles. The van der Waals surface area contributed by atoms with Crippen molar-refractivity contribution in [2.45, 2.75) is 44.6 Å². The lowest BCUT2D eigenvalue weighted by Crippen LogP contribution is -2.41. The van der Waals surface area contributed by atoms with Crippen LogP contribution >= 0.6 is 0 Å². The van der Waals surface area contributed by atoms with Crippen molar-refractivity contribution in [1.82, 2.24) is 10.2 Å². The predicted octanol–water partition coefficient (Wildman–Crippen LogP) is 3.61. The van der Waals surface area contributed by atoms with Crippen molar-refractivity contribution in [1.29, 1.82) is 0 Å². The summed E-state index contributed by atoms with van der Waals surface area (Å²) in [6, 6.07) is 17.4. The molecule has 3 nitrogen and oxygen atoms in total. The van der Waals surface area contributed by atoms with Crippen molar-refractivity contribution in [2.24, 2.45) is 0 Å². The summed E-state index contributed by atoms with van der Waals surface area (Å²) in [6.07, 6.45) is 7.17. The number of rotatable bonds is 5. The third-order valence-electron chi connectivity index (χ3n) is 5.94. The Morgan fingerprint density at radius 2 is 1.77 bits per heavy atom. The zero-order valence-electron chi connectivity index (χ0n) is 15.4. The molecule has 136 valence electrons. The van der Waals surface area contributed by atoms with Crippen LogP contribution in [0.1, 0.15) is 46.3 Å². The molecule has 1 aliphatic heterocycles. The van der Waals surface area contributed by atoms with E-state index in [9.17, 15) is 4.79 Å². The van der Waals surface area contributed by atoms with Gasteiger partial charge in [0.05, 0.1) is 0 Å². The van der Waals surface area contributed by atoms with Crippen LogP contribution in [0.4, 0.5) is 0 Å². The van der Waals surface area contributed by atoms with Crippen molar-refractivity contribution in [2.75, 3.05) is 19.6 Å². The first kappa shape index (κ1) is 17.3. The summed E-state index contributed by atoms with van der Waals surface area (Å²) in [4.78, 5) is 15.2. The van der Waals surface area contributed by atoms with E-state index in [1.54, 1.807) is 0 Å². The van der Waals surface area contributed by atoms with Crippen molar-refractivity contribution < 1.29 is 4.79 Å². The molecule has 1 amide bonds. The molecule has 0 bridgehead atoms. The van der Waals surface area contributed by atoms with Gasteiger partial charge in [0, 0.05) is 31.2 Å². The molecule has 0 radical (unpaired) electrons. The van der Waals surface area contributed by atoms with Crippen LogP contribution < -0.4 is 5.32 Å². The first-order valence-corrected chi connectivity index (χ1v) is 9.97. The fraction of sp³-hybridized carbons (Fsp3) is 0.435. The maximum Gasteiger partial charge on any atom is 0.251 e. The third-order valence-corrected chi connectivity index (χ3v) is 5.94. The Morgan fingerprint density at radius 3 is 2.50 bits per heavy atom. The van der Waals surface area contributed by atoms with E-state index in [1.165, 1.54) is 42.5 Å². The first-order chi connectivity index (χ1) is 12.8. The van der Waals surface area contributed by atoms with Gasteiger partial charge in [0.15, 0.2) is 0 Å². The summed E-state index contributed by atoms with van der Waals surface area (Å²) in [6.45, 7) is 2.98. The number of carbonyl (C=O) groups excluding carboxylic acids is 1. The Balaban J connectivity index is 1.34. The largest absolute Gasteiger partial charge is 0.352 e. The van der Waals surface area contributed by atoms with Crippen LogP contribution in [0, 0.1) is 0 Å². The van der Waals surface area contributed by atoms with E-state index in [-0.39, 0.29) is 5.91 Å². The van der Waals surface area contributed by atoms with E-state index in [4.69, 9.17) is 0 Å². The number of hydrogen-bond acceptors (Lipinski definition) is 2. The Hall–Kier alpha value is -2.13. The van der Waals surface area contributed by atoms with Gasteiger partial charge in [-0.1, -0.05) is 42.8 Å². The van der Waals surface area contributed by atoms with Gasteiger partial charge in [-0.2, -0.15) is 0 Å². The molecule has 2 aromatic carbocycles. The number of nitrogens with one attached hydrogen (secondary N) is 1. The molecule has 0 saturated heterocycles. The van der Waals surface area contributed by atoms with Crippen molar-refractivity contribution in [3.63, 3.8) is 0 Å². The zero-order valence-corrected chi connectivity index (χ0v) is 15.4. The zero-order chi connectivity index (χ0) is 17.8. The van der Waals surface area contributed by atoms with E-state index >= 15 is 0 Å². The maximum absolute atomic E-state index is 12.5. The highest BCUT2D eigenvalue weighted by Crippen LogP contribution is 2.27. The topological polar surface area (TPSA) is 32.3 Å². The molecule has 2 aromatic rings. The third kappa shape index (κ3) is 3.99. The van der Waals surface area contributed by atoms with Crippen LogP contribution in [0.2, 0.25) is 0 Å². The highest BCUT2D eigenvalue weighted by molar-refractivity contribution is 5.94. The second-order valence-electron chi connectivity index (χ2n) is 7.60. The smallest absolute Gasteiger partial charge is 0.251 e. The maximum atomic E-state index is 12.5. The number of nitrogens with zero attached hydrogens (tertiary/aromatic N) is 1. The van der Waals surface area contributed by atoms with Crippen LogP contribution in [-0.2, 0) is 19.3 Å². The van der Waals surface area contributed by atoms with Crippen LogP contribution in [0.3, 0.4) is 0 Å². The Bertz CT molecular complexity index is 752. The summed E-state index contributed by atoms with van der Waals surface area (Å²) in [5.41, 5.74) is 4.84. The van der Waals surface area contributed by atoms with E-state index in [2.05, 4.69) is 34.5 Å². The van der Waals surface area contributed by atoms with Crippen molar-refractivity contribution in [3.8, 4) is 0 Å². The standard InChI is InChI=1S/C23H28N2O/c26-23(24-14-11-18-5-2-1-3-6-18)21-10-9-19-12-15-25(22-7-4-8-22)16-13-20(19)17-21/h1-3,5-6,9-10,17,22H,4,7-8,11-16H2,(H,24,26). The molecule has 2 aliphatic rings. The van der Waals surface area contributed by atoms with Gasteiger partial charge < -0.3 is 5.32 Å². The van der Waals surface area contributed by atoms with Gasteiger partial charge in [-0.3, -0.25) is 9.69 Å². The van der Waals surface area contributed by atoms with E-state index in [0.717, 1.165) is 37.4 Å². The molecule has 1 fully saturated rings. The van der Waals surface area contributed by atoms with Gasteiger partial charge in [0.25, 0.3) is 5.91 Å². The molecule has 4 rings (SSSR count). The van der Waals surface area contributed by atoms with Gasteiger partial charge in [0.2, 0.25) is 0 Å². The highest BCUT2D eigenvalue weighted by atomic mass is 16.1. The van der Waals surface area contributed by atoms with Gasteiger partial charge in [-0.25, -0.2) is 0 Å². The molecule has 3 heteroatoms. The lowest BCUT2D eigenvalue weighted by molar-refractivity contribution is 0.0954. The van der Waals surface area contributed by atoms with Gasteiger partial charge >= 0.3 is 0 Å². The summed E-state index contributed by atoms with van der Waals surface area (Å²) >= 11 is 0. The quantitative estimate of drug-likeness (QED) is 0.895. The molecule has 0 unspecified atom stereocenters. The molecule has 26 heavy (non-hydrogen) atoms. The van der Waals surface area contributed by atoms with Crippen molar-refractivity contribution in [3.05, 3.63) is 70.8 Å². The number of benzene rings is 2. The van der Waals surface area contributed by atoms with E-state index in [1.807, 2.05) is 24.3 Å². The monoisotopic (exact) mass is 348 g/mol. The fourth-order valence-corrected chi connectivity index (χ4v) is 4.07. The molecule has 0 atom stereocenters. The molecule has 0 spiro atoms. The van der Waals surface area contributed by atoms with Crippen molar-refractivity contribution >= 4 is 5.91 Å². The molecule has 1 saturated carbocycles. The number of fused-ring (bicyclic) bond motifs is 1. The number of hydrogen-bond donors (Lipinski definition) is 1. The summed E-state index contributed by atoms with van der Waals surface area (Å²) in [5, 5.41) is 3.07. The Morgan fingerprint density at radius 1 is 1.00 bits per heavy atom. The van der Waals surface area contributed by atoms with E-state index < -0.39 is 0 Å². The Labute approximate surface area is 156 Å². The molecular weight excluding hydrogens is 320 g/mol.